The van der Waals surface area contributed by atoms with Crippen molar-refractivity contribution in [3.05, 3.63) is 59.9 Å². The standard InChI is InChI=1S/C22H24FN3OS/c1-16-6-4-5-13-25(16)21(27)15-28-22-24-19-7-2-3-8-20(19)26(22)14-17-9-11-18(23)12-10-17/h2-3,7-12,16H,4-6,13-15H2,1H3/t16-/m0/s1. The largest absolute Gasteiger partial charge is 0.339 e. The van der Waals surface area contributed by atoms with Gasteiger partial charge in [-0.1, -0.05) is 36.0 Å². The molecule has 28 heavy (non-hydrogen) atoms. The highest BCUT2D eigenvalue weighted by Crippen LogP contribution is 2.26. The second-order valence-electron chi connectivity index (χ2n) is 7.32. The van der Waals surface area contributed by atoms with Crippen molar-refractivity contribution >= 4 is 28.7 Å². The number of piperidine rings is 1. The summed E-state index contributed by atoms with van der Waals surface area (Å²) < 4.78 is 15.4. The summed E-state index contributed by atoms with van der Waals surface area (Å²) in [7, 11) is 0. The van der Waals surface area contributed by atoms with Crippen molar-refractivity contribution in [2.24, 2.45) is 0 Å². The number of fused-ring (bicyclic) bond motifs is 1. The Labute approximate surface area is 168 Å². The van der Waals surface area contributed by atoms with Crippen LogP contribution in [0.15, 0.2) is 53.7 Å². The number of halogens is 1. The third kappa shape index (κ3) is 4.07. The molecule has 0 radical (unpaired) electrons. The third-order valence-electron chi connectivity index (χ3n) is 5.32. The molecule has 2 heterocycles. The van der Waals surface area contributed by atoms with Gasteiger partial charge in [-0.05, 0) is 56.0 Å². The molecule has 0 bridgehead atoms. The molecule has 146 valence electrons. The normalized spacial score (nSPS) is 17.2. The maximum Gasteiger partial charge on any atom is 0.233 e. The van der Waals surface area contributed by atoms with E-state index in [9.17, 15) is 9.18 Å². The summed E-state index contributed by atoms with van der Waals surface area (Å²) in [5.74, 6) is 0.324. The summed E-state index contributed by atoms with van der Waals surface area (Å²) in [6.45, 7) is 3.58. The van der Waals surface area contributed by atoms with E-state index < -0.39 is 0 Å². The fourth-order valence-corrected chi connectivity index (χ4v) is 4.67. The average Bonchev–Trinajstić information content (AvgIpc) is 3.06. The molecular weight excluding hydrogens is 373 g/mol. The fraction of sp³-hybridized carbons (Fsp3) is 0.364. The second-order valence-corrected chi connectivity index (χ2v) is 8.26. The fourth-order valence-electron chi connectivity index (χ4n) is 3.77. The highest BCUT2D eigenvalue weighted by Gasteiger charge is 2.23. The lowest BCUT2D eigenvalue weighted by molar-refractivity contribution is -0.131. The molecule has 3 aromatic rings. The number of nitrogens with zero attached hydrogens (tertiary/aromatic N) is 3. The summed E-state index contributed by atoms with van der Waals surface area (Å²) in [6, 6.07) is 14.8. The minimum Gasteiger partial charge on any atom is -0.339 e. The van der Waals surface area contributed by atoms with Crippen molar-refractivity contribution in [2.45, 2.75) is 43.9 Å². The zero-order valence-electron chi connectivity index (χ0n) is 16.0. The van der Waals surface area contributed by atoms with Crippen LogP contribution in [0.2, 0.25) is 0 Å². The lowest BCUT2D eigenvalue weighted by atomic mass is 10.0. The summed E-state index contributed by atoms with van der Waals surface area (Å²) in [6.07, 6.45) is 3.37. The SMILES string of the molecule is C[C@H]1CCCCN1C(=O)CSc1nc2ccccc2n1Cc1ccc(F)cc1. The van der Waals surface area contributed by atoms with Gasteiger partial charge < -0.3 is 9.47 Å². The van der Waals surface area contributed by atoms with Gasteiger partial charge in [0.25, 0.3) is 0 Å². The zero-order valence-corrected chi connectivity index (χ0v) is 16.8. The number of benzene rings is 2. The van der Waals surface area contributed by atoms with E-state index in [1.165, 1.54) is 30.3 Å². The molecular formula is C22H24FN3OS. The van der Waals surface area contributed by atoms with E-state index >= 15 is 0 Å². The van der Waals surface area contributed by atoms with Crippen LogP contribution in [-0.2, 0) is 11.3 Å². The average molecular weight is 398 g/mol. The van der Waals surface area contributed by atoms with Gasteiger partial charge in [0.2, 0.25) is 5.91 Å². The van der Waals surface area contributed by atoms with Crippen LogP contribution >= 0.6 is 11.8 Å². The molecule has 4 rings (SSSR count). The van der Waals surface area contributed by atoms with E-state index in [4.69, 9.17) is 4.98 Å². The molecule has 0 spiro atoms. The number of hydrogen-bond donors (Lipinski definition) is 0. The Balaban J connectivity index is 1.56. The number of thioether (sulfide) groups is 1. The highest BCUT2D eigenvalue weighted by molar-refractivity contribution is 7.99. The maximum absolute atomic E-state index is 13.3. The monoisotopic (exact) mass is 397 g/mol. The molecule has 0 N–H and O–H groups in total. The van der Waals surface area contributed by atoms with Crippen LogP contribution in [0.4, 0.5) is 4.39 Å². The minimum absolute atomic E-state index is 0.178. The van der Waals surface area contributed by atoms with Crippen LogP contribution in [0.25, 0.3) is 11.0 Å². The van der Waals surface area contributed by atoms with E-state index in [-0.39, 0.29) is 11.7 Å². The van der Waals surface area contributed by atoms with Crippen LogP contribution in [0.5, 0.6) is 0 Å². The molecule has 1 aliphatic rings. The highest BCUT2D eigenvalue weighted by atomic mass is 32.2. The van der Waals surface area contributed by atoms with Crippen LogP contribution in [0.1, 0.15) is 31.7 Å². The number of imidazole rings is 1. The number of para-hydroxylation sites is 2. The molecule has 0 unspecified atom stereocenters. The number of carbonyl (C=O) groups excluding carboxylic acids is 1. The molecule has 1 aromatic heterocycles. The Morgan fingerprint density at radius 1 is 1.18 bits per heavy atom. The number of hydrogen-bond acceptors (Lipinski definition) is 3. The van der Waals surface area contributed by atoms with E-state index in [0.717, 1.165) is 41.1 Å². The number of aromatic nitrogens is 2. The van der Waals surface area contributed by atoms with Crippen molar-refractivity contribution < 1.29 is 9.18 Å². The summed E-state index contributed by atoms with van der Waals surface area (Å²) in [4.78, 5) is 19.5. The van der Waals surface area contributed by atoms with Crippen LogP contribution in [0.3, 0.4) is 0 Å². The van der Waals surface area contributed by atoms with Gasteiger partial charge in [0.1, 0.15) is 5.82 Å². The number of rotatable bonds is 5. The molecule has 1 aliphatic heterocycles. The van der Waals surface area contributed by atoms with Gasteiger partial charge >= 0.3 is 0 Å². The first kappa shape index (κ1) is 19.0. The van der Waals surface area contributed by atoms with Crippen molar-refractivity contribution in [3.63, 3.8) is 0 Å². The first-order chi connectivity index (χ1) is 13.6. The van der Waals surface area contributed by atoms with E-state index in [1.807, 2.05) is 29.2 Å². The molecule has 6 heteroatoms. The van der Waals surface area contributed by atoms with Gasteiger partial charge in [0, 0.05) is 12.6 Å². The van der Waals surface area contributed by atoms with Crippen LogP contribution < -0.4 is 0 Å². The summed E-state index contributed by atoms with van der Waals surface area (Å²) >= 11 is 1.49. The van der Waals surface area contributed by atoms with Crippen molar-refractivity contribution in [3.8, 4) is 0 Å². The zero-order chi connectivity index (χ0) is 19.5. The van der Waals surface area contributed by atoms with Crippen LogP contribution in [0, 0.1) is 5.82 Å². The van der Waals surface area contributed by atoms with E-state index in [1.54, 1.807) is 12.1 Å². The Kier molecular flexibility index (Phi) is 5.67. The quantitative estimate of drug-likeness (QED) is 0.585. The molecule has 1 fully saturated rings. The minimum atomic E-state index is -0.241. The first-order valence-electron chi connectivity index (χ1n) is 9.74. The van der Waals surface area contributed by atoms with E-state index in [0.29, 0.717) is 18.3 Å². The smallest absolute Gasteiger partial charge is 0.233 e. The second kappa shape index (κ2) is 8.35. The molecule has 4 nitrogen and oxygen atoms in total. The molecule has 1 saturated heterocycles. The van der Waals surface area contributed by atoms with Gasteiger partial charge in [-0.15, -0.1) is 0 Å². The molecule has 0 saturated carbocycles. The molecule has 2 aromatic carbocycles. The topological polar surface area (TPSA) is 38.1 Å². The van der Waals surface area contributed by atoms with Crippen molar-refractivity contribution in [1.82, 2.24) is 14.5 Å². The molecule has 0 aliphatic carbocycles. The number of amides is 1. The Hall–Kier alpha value is -2.34. The van der Waals surface area contributed by atoms with Crippen molar-refractivity contribution in [2.75, 3.05) is 12.3 Å². The van der Waals surface area contributed by atoms with Gasteiger partial charge in [0.05, 0.1) is 23.3 Å². The predicted octanol–water partition coefficient (Wildman–Crippen LogP) is 4.72. The van der Waals surface area contributed by atoms with E-state index in [2.05, 4.69) is 11.5 Å². The Morgan fingerprint density at radius 3 is 2.75 bits per heavy atom. The lowest BCUT2D eigenvalue weighted by Crippen LogP contribution is -2.43. The summed E-state index contributed by atoms with van der Waals surface area (Å²) in [5.41, 5.74) is 2.93. The van der Waals surface area contributed by atoms with Gasteiger partial charge in [-0.2, -0.15) is 0 Å². The lowest BCUT2D eigenvalue weighted by Gasteiger charge is -2.33. The van der Waals surface area contributed by atoms with Crippen LogP contribution in [-0.4, -0.2) is 38.7 Å². The number of likely N-dealkylation sites (tertiary alicyclic amines) is 1. The van der Waals surface area contributed by atoms with Crippen molar-refractivity contribution in [1.29, 1.82) is 0 Å². The molecule has 1 atom stereocenters. The van der Waals surface area contributed by atoms with Gasteiger partial charge in [0.15, 0.2) is 5.16 Å². The third-order valence-corrected chi connectivity index (χ3v) is 6.28. The van der Waals surface area contributed by atoms with Gasteiger partial charge in [-0.25, -0.2) is 9.37 Å². The summed E-state index contributed by atoms with van der Waals surface area (Å²) in [5, 5.41) is 0.823. The Bertz CT molecular complexity index is 970. The predicted molar refractivity (Wildman–Crippen MR) is 111 cm³/mol. The molecule has 1 amide bonds. The number of carbonyl (C=O) groups is 1. The first-order valence-corrected chi connectivity index (χ1v) is 10.7. The van der Waals surface area contributed by atoms with Gasteiger partial charge in [-0.3, -0.25) is 4.79 Å². The Morgan fingerprint density at radius 2 is 1.96 bits per heavy atom. The maximum atomic E-state index is 13.3.